The molecule has 1 aliphatic rings. The minimum Gasteiger partial charge on any atom is -0.309 e. The van der Waals surface area contributed by atoms with Crippen molar-refractivity contribution in [2.75, 3.05) is 6.54 Å². The summed E-state index contributed by atoms with van der Waals surface area (Å²) in [6.45, 7) is 4.21. The van der Waals surface area contributed by atoms with Crippen molar-refractivity contribution in [2.45, 2.75) is 30.0 Å². The molecule has 0 aromatic heterocycles. The van der Waals surface area contributed by atoms with Gasteiger partial charge in [0, 0.05) is 0 Å². The van der Waals surface area contributed by atoms with Gasteiger partial charge in [-0.2, -0.15) is 0 Å². The highest BCUT2D eigenvalue weighted by atomic mass is 32.2. The van der Waals surface area contributed by atoms with Crippen molar-refractivity contribution in [3.05, 3.63) is 29.6 Å². The quantitative estimate of drug-likeness (QED) is 0.803. The van der Waals surface area contributed by atoms with Gasteiger partial charge in [-0.05, 0) is 37.2 Å². The summed E-state index contributed by atoms with van der Waals surface area (Å²) in [6.07, 6.45) is 0. The number of nitrogens with one attached hydrogen (secondary N) is 1. The average Bonchev–Trinajstić information content (AvgIpc) is 2.40. The standard InChI is InChI=1S/C11H14FNO2S/c1-3-13-11-7(2)16(14,15)10-5-4-8(12)6-9(10)11/h4-7,11,13H,3H2,1-2H3. The van der Waals surface area contributed by atoms with Gasteiger partial charge in [0.05, 0.1) is 16.2 Å². The molecule has 5 heteroatoms. The highest BCUT2D eigenvalue weighted by Crippen LogP contribution is 2.38. The summed E-state index contributed by atoms with van der Waals surface area (Å²) in [5.74, 6) is -0.397. The van der Waals surface area contributed by atoms with Crippen LogP contribution in [0.1, 0.15) is 25.5 Å². The van der Waals surface area contributed by atoms with Gasteiger partial charge in [-0.1, -0.05) is 6.92 Å². The Morgan fingerprint density at radius 3 is 2.75 bits per heavy atom. The topological polar surface area (TPSA) is 46.2 Å². The third-order valence-electron chi connectivity index (χ3n) is 3.00. The summed E-state index contributed by atoms with van der Waals surface area (Å²) in [7, 11) is -3.30. The molecule has 0 saturated heterocycles. The molecule has 1 aromatic carbocycles. The molecular weight excluding hydrogens is 229 g/mol. The lowest BCUT2D eigenvalue weighted by atomic mass is 10.0. The first-order valence-corrected chi connectivity index (χ1v) is 6.80. The number of hydrogen-bond donors (Lipinski definition) is 1. The van der Waals surface area contributed by atoms with Crippen molar-refractivity contribution in [1.82, 2.24) is 5.32 Å². The van der Waals surface area contributed by atoms with E-state index in [9.17, 15) is 12.8 Å². The van der Waals surface area contributed by atoms with E-state index in [1.807, 2.05) is 6.92 Å². The largest absolute Gasteiger partial charge is 0.309 e. The highest BCUT2D eigenvalue weighted by molar-refractivity contribution is 7.92. The Hall–Kier alpha value is -0.940. The summed E-state index contributed by atoms with van der Waals surface area (Å²) in [4.78, 5) is 0.257. The molecule has 0 saturated carbocycles. The Morgan fingerprint density at radius 2 is 2.12 bits per heavy atom. The normalized spacial score (nSPS) is 26.7. The van der Waals surface area contributed by atoms with E-state index in [-0.39, 0.29) is 10.9 Å². The van der Waals surface area contributed by atoms with E-state index in [2.05, 4.69) is 5.32 Å². The van der Waals surface area contributed by atoms with E-state index in [1.54, 1.807) is 6.92 Å². The van der Waals surface area contributed by atoms with Crippen LogP contribution in [0.4, 0.5) is 4.39 Å². The number of benzene rings is 1. The van der Waals surface area contributed by atoms with Crippen molar-refractivity contribution < 1.29 is 12.8 Å². The molecule has 0 bridgehead atoms. The maximum absolute atomic E-state index is 13.1. The van der Waals surface area contributed by atoms with Crippen molar-refractivity contribution in [2.24, 2.45) is 0 Å². The number of sulfone groups is 1. The first kappa shape index (κ1) is 11.5. The Kier molecular flexibility index (Phi) is 2.75. The van der Waals surface area contributed by atoms with E-state index >= 15 is 0 Å². The van der Waals surface area contributed by atoms with Crippen LogP contribution in [0.25, 0.3) is 0 Å². The molecule has 2 rings (SSSR count). The number of halogens is 1. The second kappa shape index (κ2) is 3.82. The van der Waals surface area contributed by atoms with Crippen LogP contribution in [0, 0.1) is 5.82 Å². The van der Waals surface area contributed by atoms with E-state index < -0.39 is 20.9 Å². The first-order valence-electron chi connectivity index (χ1n) is 5.25. The Bertz CT molecular complexity index is 513. The molecule has 1 N–H and O–H groups in total. The van der Waals surface area contributed by atoms with Crippen LogP contribution < -0.4 is 5.32 Å². The number of rotatable bonds is 2. The Balaban J connectivity index is 2.61. The smallest absolute Gasteiger partial charge is 0.183 e. The summed E-state index contributed by atoms with van der Waals surface area (Å²) in [6, 6.07) is 3.55. The van der Waals surface area contributed by atoms with E-state index in [1.165, 1.54) is 18.2 Å². The minimum absolute atomic E-state index is 0.257. The summed E-state index contributed by atoms with van der Waals surface area (Å²) >= 11 is 0. The van der Waals surface area contributed by atoms with Gasteiger partial charge in [-0.3, -0.25) is 0 Å². The van der Waals surface area contributed by atoms with Gasteiger partial charge >= 0.3 is 0 Å². The third-order valence-corrected chi connectivity index (χ3v) is 5.23. The predicted octanol–water partition coefficient (Wildman–Crippen LogP) is 1.65. The number of hydrogen-bond acceptors (Lipinski definition) is 3. The van der Waals surface area contributed by atoms with Gasteiger partial charge in [0.2, 0.25) is 0 Å². The molecule has 0 radical (unpaired) electrons. The van der Waals surface area contributed by atoms with Crippen LogP contribution >= 0.6 is 0 Å². The predicted molar refractivity (Wildman–Crippen MR) is 59.5 cm³/mol. The summed E-state index contributed by atoms with van der Waals surface area (Å²) in [5.41, 5.74) is 0.550. The fourth-order valence-electron chi connectivity index (χ4n) is 2.15. The van der Waals surface area contributed by atoms with Crippen molar-refractivity contribution in [1.29, 1.82) is 0 Å². The third kappa shape index (κ3) is 1.55. The second-order valence-corrected chi connectivity index (χ2v) is 6.24. The second-order valence-electron chi connectivity index (χ2n) is 3.97. The maximum Gasteiger partial charge on any atom is 0.183 e. The fourth-order valence-corrected chi connectivity index (χ4v) is 3.92. The van der Waals surface area contributed by atoms with Crippen molar-refractivity contribution in [3.63, 3.8) is 0 Å². The van der Waals surface area contributed by atoms with Gasteiger partial charge in [-0.15, -0.1) is 0 Å². The molecule has 3 nitrogen and oxygen atoms in total. The molecular formula is C11H14FNO2S. The Labute approximate surface area is 94.6 Å². The lowest BCUT2D eigenvalue weighted by molar-refractivity contribution is 0.526. The molecule has 0 aliphatic carbocycles. The molecule has 2 unspecified atom stereocenters. The molecule has 1 heterocycles. The van der Waals surface area contributed by atoms with Crippen LogP contribution in [0.3, 0.4) is 0 Å². The minimum atomic E-state index is -3.30. The van der Waals surface area contributed by atoms with Gasteiger partial charge in [0.1, 0.15) is 5.82 Å². The molecule has 16 heavy (non-hydrogen) atoms. The van der Waals surface area contributed by atoms with Gasteiger partial charge in [-0.25, -0.2) is 12.8 Å². The van der Waals surface area contributed by atoms with E-state index in [4.69, 9.17) is 0 Å². The van der Waals surface area contributed by atoms with Gasteiger partial charge < -0.3 is 5.32 Å². The summed E-state index contributed by atoms with van der Waals surface area (Å²) in [5, 5.41) is 2.55. The van der Waals surface area contributed by atoms with Crippen LogP contribution in [0.15, 0.2) is 23.1 Å². The van der Waals surface area contributed by atoms with E-state index in [0.717, 1.165) is 0 Å². The number of fused-ring (bicyclic) bond motifs is 1. The van der Waals surface area contributed by atoms with Crippen molar-refractivity contribution >= 4 is 9.84 Å². The van der Waals surface area contributed by atoms with Gasteiger partial charge in [0.15, 0.2) is 9.84 Å². The molecule has 1 aliphatic heterocycles. The lowest BCUT2D eigenvalue weighted by Crippen LogP contribution is -2.29. The molecule has 2 atom stereocenters. The highest BCUT2D eigenvalue weighted by Gasteiger charge is 2.41. The van der Waals surface area contributed by atoms with Crippen LogP contribution in [-0.2, 0) is 9.84 Å². The summed E-state index contributed by atoms with van der Waals surface area (Å²) < 4.78 is 37.2. The van der Waals surface area contributed by atoms with Crippen LogP contribution in [0.5, 0.6) is 0 Å². The SMILES string of the molecule is CCNC1c2cc(F)ccc2S(=O)(=O)C1C. The zero-order valence-electron chi connectivity index (χ0n) is 9.20. The average molecular weight is 243 g/mol. The monoisotopic (exact) mass is 243 g/mol. The van der Waals surface area contributed by atoms with Crippen LogP contribution in [-0.4, -0.2) is 20.2 Å². The molecule has 0 fully saturated rings. The molecule has 0 spiro atoms. The first-order chi connectivity index (χ1) is 7.48. The zero-order valence-corrected chi connectivity index (χ0v) is 10.0. The van der Waals surface area contributed by atoms with Gasteiger partial charge in [0.25, 0.3) is 0 Å². The van der Waals surface area contributed by atoms with Crippen molar-refractivity contribution in [3.8, 4) is 0 Å². The molecule has 88 valence electrons. The van der Waals surface area contributed by atoms with Crippen LogP contribution in [0.2, 0.25) is 0 Å². The maximum atomic E-state index is 13.1. The molecule has 1 aromatic rings. The Morgan fingerprint density at radius 1 is 1.44 bits per heavy atom. The fraction of sp³-hybridized carbons (Fsp3) is 0.455. The molecule has 0 amide bonds. The van der Waals surface area contributed by atoms with E-state index in [0.29, 0.717) is 12.1 Å². The lowest BCUT2D eigenvalue weighted by Gasteiger charge is -2.15. The zero-order chi connectivity index (χ0) is 11.9.